The van der Waals surface area contributed by atoms with Crippen molar-refractivity contribution in [2.45, 2.75) is 19.8 Å². The second-order valence-corrected chi connectivity index (χ2v) is 1.94. The van der Waals surface area contributed by atoms with Crippen molar-refractivity contribution in [3.05, 3.63) is 0 Å². The molecule has 0 aliphatic heterocycles. The van der Waals surface area contributed by atoms with Crippen molar-refractivity contribution < 1.29 is 0 Å². The van der Waals surface area contributed by atoms with Crippen LogP contribution in [0.25, 0.3) is 0 Å². The number of hydrogen-bond donors (Lipinski definition) is 1. The Morgan fingerprint density at radius 3 is 1.86 bits per heavy atom. The first-order valence-electron chi connectivity index (χ1n) is 2.40. The van der Waals surface area contributed by atoms with E-state index < -0.39 is 0 Å². The van der Waals surface area contributed by atoms with Crippen LogP contribution in [-0.2, 0) is 0 Å². The molecule has 0 aromatic heterocycles. The smallest absolute Gasteiger partial charge is 0.177 e. The number of nitrogens with one attached hydrogen (secondary N) is 1. The van der Waals surface area contributed by atoms with Crippen LogP contribution < -0.4 is 5.23 Å². The minimum Gasteiger partial charge on any atom is -0.371 e. The van der Waals surface area contributed by atoms with Gasteiger partial charge in [-0.2, -0.15) is 0 Å². The molecule has 0 saturated heterocycles. The molecule has 0 fully saturated rings. The molecule has 0 saturated carbocycles. The Labute approximate surface area is 47.7 Å². The normalized spacial score (nSPS) is 14.7. The van der Waals surface area contributed by atoms with Crippen LogP contribution in [0, 0.1) is 5.92 Å². The van der Waals surface area contributed by atoms with Gasteiger partial charge in [-0.25, -0.2) is 0 Å². The summed E-state index contributed by atoms with van der Waals surface area (Å²) in [6, 6.07) is 0. The topological polar surface area (TPSA) is 12.0 Å². The van der Waals surface area contributed by atoms with Crippen molar-refractivity contribution in [3.63, 3.8) is 0 Å². The second kappa shape index (κ2) is 3.14. The SMILES string of the molecule is [B]NC([B])C(C)C. The van der Waals surface area contributed by atoms with E-state index in [2.05, 4.69) is 5.23 Å². The van der Waals surface area contributed by atoms with Crippen molar-refractivity contribution >= 4 is 15.8 Å². The number of hydrogen-bond acceptors (Lipinski definition) is 1. The van der Waals surface area contributed by atoms with Crippen LogP contribution in [0.1, 0.15) is 13.8 Å². The summed E-state index contributed by atoms with van der Waals surface area (Å²) in [7, 11) is 10.4. The Balaban J connectivity index is 3.14. The average molecular weight is 92.7 g/mol. The maximum atomic E-state index is 5.38. The van der Waals surface area contributed by atoms with Crippen LogP contribution in [-0.4, -0.2) is 21.8 Å². The molecule has 0 aromatic rings. The second-order valence-electron chi connectivity index (χ2n) is 1.94. The third-order valence-electron chi connectivity index (χ3n) is 0.911. The van der Waals surface area contributed by atoms with Gasteiger partial charge >= 0.3 is 0 Å². The Morgan fingerprint density at radius 2 is 1.86 bits per heavy atom. The molecular weight excluding hydrogens is 83.7 g/mol. The summed E-state index contributed by atoms with van der Waals surface area (Å²) < 4.78 is 0. The van der Waals surface area contributed by atoms with E-state index in [1.165, 1.54) is 0 Å². The fourth-order valence-electron chi connectivity index (χ4n) is 0.192. The minimum absolute atomic E-state index is 0.0694. The molecule has 1 nitrogen and oxygen atoms in total. The van der Waals surface area contributed by atoms with Gasteiger partial charge in [0.2, 0.25) is 0 Å². The molecule has 0 heterocycles. The van der Waals surface area contributed by atoms with Crippen molar-refractivity contribution in [1.82, 2.24) is 5.23 Å². The van der Waals surface area contributed by atoms with Gasteiger partial charge in [0.1, 0.15) is 0 Å². The van der Waals surface area contributed by atoms with Gasteiger partial charge in [0.25, 0.3) is 0 Å². The molecule has 0 spiro atoms. The van der Waals surface area contributed by atoms with Gasteiger partial charge < -0.3 is 5.23 Å². The molecule has 1 atom stereocenters. The maximum Gasteiger partial charge on any atom is 0.177 e. The molecule has 0 aliphatic carbocycles. The lowest BCUT2D eigenvalue weighted by molar-refractivity contribution is 0.584. The van der Waals surface area contributed by atoms with Crippen molar-refractivity contribution in [2.75, 3.05) is 0 Å². The maximum absolute atomic E-state index is 5.38. The van der Waals surface area contributed by atoms with Crippen LogP contribution in [0.4, 0.5) is 0 Å². The molecule has 0 amide bonds. The van der Waals surface area contributed by atoms with E-state index in [1.54, 1.807) is 0 Å². The summed E-state index contributed by atoms with van der Waals surface area (Å²) >= 11 is 0. The van der Waals surface area contributed by atoms with E-state index in [4.69, 9.17) is 15.8 Å². The van der Waals surface area contributed by atoms with Crippen molar-refractivity contribution in [1.29, 1.82) is 0 Å². The molecular formula is C4H9B2N. The van der Waals surface area contributed by atoms with Crippen LogP contribution in [0.5, 0.6) is 0 Å². The zero-order valence-corrected chi connectivity index (χ0v) is 4.81. The summed E-state index contributed by atoms with van der Waals surface area (Å²) in [5.74, 6) is 0.338. The van der Waals surface area contributed by atoms with E-state index in [9.17, 15) is 0 Å². The first-order chi connectivity index (χ1) is 3.18. The molecule has 36 valence electrons. The molecule has 0 aromatic carbocycles. The van der Waals surface area contributed by atoms with Gasteiger partial charge in [-0.05, 0) is 11.9 Å². The van der Waals surface area contributed by atoms with E-state index in [1.807, 2.05) is 13.8 Å². The molecule has 3 heteroatoms. The van der Waals surface area contributed by atoms with E-state index in [0.717, 1.165) is 0 Å². The predicted molar refractivity (Wildman–Crippen MR) is 33.3 cm³/mol. The Morgan fingerprint density at radius 1 is 1.43 bits per heavy atom. The highest BCUT2D eigenvalue weighted by molar-refractivity contribution is 6.16. The fourth-order valence-corrected chi connectivity index (χ4v) is 0.192. The van der Waals surface area contributed by atoms with E-state index in [-0.39, 0.29) is 5.94 Å². The van der Waals surface area contributed by atoms with Crippen molar-refractivity contribution in [3.8, 4) is 0 Å². The first kappa shape index (κ1) is 7.09. The summed E-state index contributed by atoms with van der Waals surface area (Å²) in [6.07, 6.45) is 0. The standard InChI is InChI=1S/C4H9B2N/c1-3(2)4(5)7-6/h3-4,7H,1-2H3. The largest absolute Gasteiger partial charge is 0.371 e. The van der Waals surface area contributed by atoms with E-state index >= 15 is 0 Å². The summed E-state index contributed by atoms with van der Waals surface area (Å²) in [4.78, 5) is 0. The first-order valence-corrected chi connectivity index (χ1v) is 2.40. The molecule has 0 bridgehead atoms. The highest BCUT2D eigenvalue weighted by Gasteiger charge is 1.99. The van der Waals surface area contributed by atoms with Gasteiger partial charge in [0.15, 0.2) is 7.98 Å². The number of rotatable bonds is 2. The average Bonchev–Trinajstić information content (AvgIpc) is 1.65. The molecule has 1 unspecified atom stereocenters. The van der Waals surface area contributed by atoms with Gasteiger partial charge in [-0.1, -0.05) is 13.8 Å². The van der Waals surface area contributed by atoms with E-state index in [0.29, 0.717) is 5.92 Å². The Bertz CT molecular complexity index is 47.0. The van der Waals surface area contributed by atoms with Gasteiger partial charge in [-0.15, -0.1) is 0 Å². The minimum atomic E-state index is -0.0694. The predicted octanol–water partition coefficient (Wildman–Crippen LogP) is -0.190. The van der Waals surface area contributed by atoms with Crippen LogP contribution in [0.15, 0.2) is 0 Å². The lowest BCUT2D eigenvalue weighted by Crippen LogP contribution is -2.31. The third kappa shape index (κ3) is 2.75. The van der Waals surface area contributed by atoms with Crippen molar-refractivity contribution in [2.24, 2.45) is 5.92 Å². The van der Waals surface area contributed by atoms with Crippen LogP contribution >= 0.6 is 0 Å². The highest BCUT2D eigenvalue weighted by atomic mass is 14.8. The van der Waals surface area contributed by atoms with Gasteiger partial charge in [-0.3, -0.25) is 0 Å². The lowest BCUT2D eigenvalue weighted by Gasteiger charge is -2.13. The van der Waals surface area contributed by atoms with Crippen LogP contribution in [0.2, 0.25) is 0 Å². The Hall–Kier alpha value is 0.0899. The highest BCUT2D eigenvalue weighted by Crippen LogP contribution is 1.93. The zero-order chi connectivity index (χ0) is 5.86. The zero-order valence-electron chi connectivity index (χ0n) is 4.81. The third-order valence-corrected chi connectivity index (χ3v) is 0.911. The summed E-state index contributed by atoms with van der Waals surface area (Å²) in [5, 5.41) is 2.44. The molecule has 7 heavy (non-hydrogen) atoms. The molecule has 0 aliphatic rings. The van der Waals surface area contributed by atoms with Gasteiger partial charge in [0, 0.05) is 0 Å². The Kier molecular flexibility index (Phi) is 3.18. The molecule has 4 radical (unpaired) electrons. The summed E-state index contributed by atoms with van der Waals surface area (Å²) in [5.41, 5.74) is 0. The van der Waals surface area contributed by atoms with Crippen LogP contribution in [0.3, 0.4) is 0 Å². The quantitative estimate of drug-likeness (QED) is 0.466. The monoisotopic (exact) mass is 93.1 g/mol. The van der Waals surface area contributed by atoms with Gasteiger partial charge in [0.05, 0.1) is 7.85 Å². The fraction of sp³-hybridized carbons (Fsp3) is 1.00. The molecule has 0 rings (SSSR count). The summed E-state index contributed by atoms with van der Waals surface area (Å²) in [6.45, 7) is 4.01. The lowest BCUT2D eigenvalue weighted by atomic mass is 9.85. The molecule has 1 N–H and O–H groups in total.